The van der Waals surface area contributed by atoms with E-state index in [1.165, 1.54) is 19.1 Å². The van der Waals surface area contributed by atoms with Gasteiger partial charge in [-0.3, -0.25) is 9.59 Å². The van der Waals surface area contributed by atoms with E-state index in [1.54, 1.807) is 42.5 Å². The van der Waals surface area contributed by atoms with Crippen LogP contribution in [0.5, 0.6) is 17.2 Å². The summed E-state index contributed by atoms with van der Waals surface area (Å²) in [6, 6.07) is 11.1. The molecule has 1 amide bonds. The zero-order chi connectivity index (χ0) is 21.3. The predicted octanol–water partition coefficient (Wildman–Crippen LogP) is 2.49. The van der Waals surface area contributed by atoms with Gasteiger partial charge in [0.2, 0.25) is 6.79 Å². The summed E-state index contributed by atoms with van der Waals surface area (Å²) in [5, 5.41) is 11.1. The summed E-state index contributed by atoms with van der Waals surface area (Å²) in [5.41, 5.74) is 0.931. The van der Waals surface area contributed by atoms with Crippen molar-refractivity contribution in [2.24, 2.45) is 0 Å². The molecular weight excluding hydrogens is 390 g/mol. The molecule has 1 saturated heterocycles. The number of carbonyl (C=O) groups is 2. The molecule has 1 N–H and O–H groups in total. The highest BCUT2D eigenvalue weighted by molar-refractivity contribution is 6.46. The average Bonchev–Trinajstić information content (AvgIpc) is 3.34. The van der Waals surface area contributed by atoms with Gasteiger partial charge in [0.25, 0.3) is 11.7 Å². The average molecular weight is 411 g/mol. The SMILES string of the molecule is COCCN1C(=O)C(=O)/C(=C(/O)c2ccc3c(c2)OCO3)C1c1ccccc1OC. The number of carbonyl (C=O) groups excluding carboxylic acids is 2. The molecule has 30 heavy (non-hydrogen) atoms. The molecule has 0 saturated carbocycles. The summed E-state index contributed by atoms with van der Waals surface area (Å²) < 4.78 is 21.2. The zero-order valence-electron chi connectivity index (χ0n) is 16.6. The minimum Gasteiger partial charge on any atom is -0.507 e. The number of aliphatic hydroxyl groups is 1. The van der Waals surface area contributed by atoms with E-state index in [9.17, 15) is 14.7 Å². The predicted molar refractivity (Wildman–Crippen MR) is 106 cm³/mol. The first-order chi connectivity index (χ1) is 14.6. The number of nitrogens with zero attached hydrogens (tertiary/aromatic N) is 1. The van der Waals surface area contributed by atoms with Gasteiger partial charge in [-0.05, 0) is 24.3 Å². The normalized spacial score (nSPS) is 19.4. The van der Waals surface area contributed by atoms with Crippen LogP contribution in [0, 0.1) is 0 Å². The van der Waals surface area contributed by atoms with E-state index < -0.39 is 17.7 Å². The molecule has 0 radical (unpaired) electrons. The van der Waals surface area contributed by atoms with Gasteiger partial charge in [-0.1, -0.05) is 18.2 Å². The molecule has 2 aromatic rings. The van der Waals surface area contributed by atoms with Gasteiger partial charge in [-0.15, -0.1) is 0 Å². The lowest BCUT2D eigenvalue weighted by Gasteiger charge is -2.26. The number of Topliss-reactive ketones (excluding diaryl/α,β-unsaturated/α-hetero) is 1. The fraction of sp³-hybridized carbons (Fsp3) is 0.273. The lowest BCUT2D eigenvalue weighted by Crippen LogP contribution is -2.32. The number of rotatable bonds is 6. The molecule has 8 nitrogen and oxygen atoms in total. The second-order valence-electron chi connectivity index (χ2n) is 6.80. The number of ketones is 1. The number of hydrogen-bond acceptors (Lipinski definition) is 7. The van der Waals surface area contributed by atoms with Crippen LogP contribution in [-0.2, 0) is 14.3 Å². The van der Waals surface area contributed by atoms with Crippen LogP contribution in [-0.4, -0.2) is 55.9 Å². The van der Waals surface area contributed by atoms with Gasteiger partial charge < -0.3 is 29.0 Å². The van der Waals surface area contributed by atoms with Gasteiger partial charge in [-0.25, -0.2) is 0 Å². The Morgan fingerprint density at radius 1 is 1.13 bits per heavy atom. The van der Waals surface area contributed by atoms with Crippen molar-refractivity contribution in [2.75, 3.05) is 34.2 Å². The molecule has 0 spiro atoms. The first-order valence-corrected chi connectivity index (χ1v) is 9.37. The molecule has 156 valence electrons. The lowest BCUT2D eigenvalue weighted by atomic mass is 9.94. The standard InChI is InChI=1S/C22H21NO7/c1-27-10-9-23-19(14-5-3-4-6-15(14)28-2)18(21(25)22(23)26)20(24)13-7-8-16-17(11-13)30-12-29-16/h3-8,11,19,24H,9-10,12H2,1-2H3/b20-18+. The van der Waals surface area contributed by atoms with Gasteiger partial charge in [0.15, 0.2) is 11.5 Å². The van der Waals surface area contributed by atoms with Crippen LogP contribution in [0.2, 0.25) is 0 Å². The van der Waals surface area contributed by atoms with Crippen LogP contribution < -0.4 is 14.2 Å². The minimum atomic E-state index is -0.818. The number of likely N-dealkylation sites (tertiary alicyclic amines) is 1. The third-order valence-electron chi connectivity index (χ3n) is 5.16. The van der Waals surface area contributed by atoms with Crippen molar-refractivity contribution >= 4 is 17.4 Å². The Morgan fingerprint density at radius 2 is 1.90 bits per heavy atom. The largest absolute Gasteiger partial charge is 0.507 e. The molecule has 2 heterocycles. The molecule has 1 fully saturated rings. The topological polar surface area (TPSA) is 94.5 Å². The van der Waals surface area contributed by atoms with Crippen molar-refractivity contribution in [3.05, 3.63) is 59.2 Å². The highest BCUT2D eigenvalue weighted by Crippen LogP contribution is 2.43. The van der Waals surface area contributed by atoms with Crippen molar-refractivity contribution in [3.8, 4) is 17.2 Å². The van der Waals surface area contributed by atoms with Crippen molar-refractivity contribution in [1.82, 2.24) is 4.90 Å². The van der Waals surface area contributed by atoms with E-state index in [1.807, 2.05) is 0 Å². The van der Waals surface area contributed by atoms with E-state index in [-0.39, 0.29) is 31.3 Å². The van der Waals surface area contributed by atoms with Gasteiger partial charge in [0.1, 0.15) is 11.5 Å². The number of aliphatic hydroxyl groups excluding tert-OH is 1. The fourth-order valence-corrected chi connectivity index (χ4v) is 3.72. The quantitative estimate of drug-likeness (QED) is 0.443. The molecule has 2 aliphatic heterocycles. The van der Waals surface area contributed by atoms with Crippen LogP contribution in [0.3, 0.4) is 0 Å². The summed E-state index contributed by atoms with van der Waals surface area (Å²) in [7, 11) is 3.03. The number of fused-ring (bicyclic) bond motifs is 1. The van der Waals surface area contributed by atoms with Gasteiger partial charge in [0, 0.05) is 24.8 Å². The van der Waals surface area contributed by atoms with Crippen molar-refractivity contribution in [3.63, 3.8) is 0 Å². The Bertz CT molecular complexity index is 1030. The molecular formula is C22H21NO7. The summed E-state index contributed by atoms with van der Waals surface area (Å²) in [5.74, 6) is -0.247. The zero-order valence-corrected chi connectivity index (χ0v) is 16.6. The van der Waals surface area contributed by atoms with E-state index in [0.717, 1.165) is 0 Å². The Labute approximate surface area is 173 Å². The lowest BCUT2D eigenvalue weighted by molar-refractivity contribution is -0.140. The highest BCUT2D eigenvalue weighted by Gasteiger charge is 2.46. The maximum absolute atomic E-state index is 13.0. The molecule has 1 atom stereocenters. The van der Waals surface area contributed by atoms with Gasteiger partial charge in [0.05, 0.1) is 25.3 Å². The first kappa shape index (κ1) is 19.8. The summed E-state index contributed by atoms with van der Waals surface area (Å²) in [4.78, 5) is 27.2. The van der Waals surface area contributed by atoms with Gasteiger partial charge >= 0.3 is 0 Å². The molecule has 0 aliphatic carbocycles. The van der Waals surface area contributed by atoms with Crippen LogP contribution >= 0.6 is 0 Å². The number of amides is 1. The molecule has 2 aromatic carbocycles. The van der Waals surface area contributed by atoms with E-state index in [2.05, 4.69) is 0 Å². The van der Waals surface area contributed by atoms with E-state index in [0.29, 0.717) is 28.4 Å². The van der Waals surface area contributed by atoms with Crippen LogP contribution in [0.4, 0.5) is 0 Å². The molecule has 8 heteroatoms. The summed E-state index contributed by atoms with van der Waals surface area (Å²) in [6.07, 6.45) is 0. The van der Waals surface area contributed by atoms with Crippen molar-refractivity contribution in [1.29, 1.82) is 0 Å². The summed E-state index contributed by atoms with van der Waals surface area (Å²) in [6.45, 7) is 0.507. The van der Waals surface area contributed by atoms with E-state index in [4.69, 9.17) is 18.9 Å². The summed E-state index contributed by atoms with van der Waals surface area (Å²) >= 11 is 0. The number of methoxy groups -OCH3 is 2. The Morgan fingerprint density at radius 3 is 2.67 bits per heavy atom. The van der Waals surface area contributed by atoms with Crippen LogP contribution in [0.15, 0.2) is 48.0 Å². The highest BCUT2D eigenvalue weighted by atomic mass is 16.7. The monoisotopic (exact) mass is 411 g/mol. The molecule has 2 aliphatic rings. The minimum absolute atomic E-state index is 0.0144. The maximum Gasteiger partial charge on any atom is 0.295 e. The number of benzene rings is 2. The third-order valence-corrected chi connectivity index (χ3v) is 5.16. The van der Waals surface area contributed by atoms with Gasteiger partial charge in [-0.2, -0.15) is 0 Å². The van der Waals surface area contributed by atoms with Crippen molar-refractivity contribution in [2.45, 2.75) is 6.04 Å². The second-order valence-corrected chi connectivity index (χ2v) is 6.80. The number of ether oxygens (including phenoxy) is 4. The van der Waals surface area contributed by atoms with Crippen LogP contribution in [0.1, 0.15) is 17.2 Å². The third kappa shape index (κ3) is 3.25. The molecule has 0 aromatic heterocycles. The first-order valence-electron chi connectivity index (χ1n) is 9.37. The molecule has 4 rings (SSSR count). The van der Waals surface area contributed by atoms with Crippen LogP contribution in [0.25, 0.3) is 5.76 Å². The number of para-hydroxylation sites is 1. The smallest absolute Gasteiger partial charge is 0.295 e. The van der Waals surface area contributed by atoms with E-state index >= 15 is 0 Å². The molecule has 1 unspecified atom stereocenters. The fourth-order valence-electron chi connectivity index (χ4n) is 3.72. The maximum atomic E-state index is 13.0. The Kier molecular flexibility index (Phi) is 5.33. The number of hydrogen-bond donors (Lipinski definition) is 1. The Hall–Kier alpha value is -3.52. The van der Waals surface area contributed by atoms with Crippen molar-refractivity contribution < 1.29 is 33.6 Å². The Balaban J connectivity index is 1.87. The second kappa shape index (κ2) is 8.08. The molecule has 0 bridgehead atoms.